The highest BCUT2D eigenvalue weighted by Crippen LogP contribution is 2.36. The van der Waals surface area contributed by atoms with Crippen molar-refractivity contribution in [2.24, 2.45) is 0 Å². The molecule has 2 heterocycles. The third-order valence-electron chi connectivity index (χ3n) is 4.47. The molecule has 1 aliphatic rings. The van der Waals surface area contributed by atoms with Crippen LogP contribution in [0.2, 0.25) is 0 Å². The Kier molecular flexibility index (Phi) is 5.04. The van der Waals surface area contributed by atoms with Crippen LogP contribution in [0.15, 0.2) is 24.3 Å². The Hall–Kier alpha value is -2.35. The highest BCUT2D eigenvalue weighted by molar-refractivity contribution is 5.96. The summed E-state index contributed by atoms with van der Waals surface area (Å²) in [6, 6.07) is 5.94. The number of rotatable bonds is 4. The number of anilines is 1. The van der Waals surface area contributed by atoms with Gasteiger partial charge in [-0.3, -0.25) is 9.69 Å². The van der Waals surface area contributed by atoms with Gasteiger partial charge in [0, 0.05) is 37.3 Å². The van der Waals surface area contributed by atoms with Crippen LogP contribution in [0, 0.1) is 0 Å². The van der Waals surface area contributed by atoms with Crippen LogP contribution in [-0.2, 0) is 11.0 Å². The van der Waals surface area contributed by atoms with Gasteiger partial charge in [0.25, 0.3) is 0 Å². The minimum absolute atomic E-state index is 0.122. The summed E-state index contributed by atoms with van der Waals surface area (Å²) in [5.74, 6) is 0.433. The predicted octanol–water partition coefficient (Wildman–Crippen LogP) is 2.97. The van der Waals surface area contributed by atoms with Gasteiger partial charge >= 0.3 is 6.18 Å². The SMILES string of the molecule is COc1ccc(N2CCN(CC(C)=O)CC2)c2ccc(C(F)(F)F)nc12. The third-order valence-corrected chi connectivity index (χ3v) is 4.47. The molecule has 0 unspecified atom stereocenters. The molecule has 0 saturated carbocycles. The van der Waals surface area contributed by atoms with E-state index in [0.717, 1.165) is 24.8 Å². The fraction of sp³-hybridized carbons (Fsp3) is 0.444. The van der Waals surface area contributed by atoms with Crippen molar-refractivity contribution in [3.63, 3.8) is 0 Å². The zero-order chi connectivity index (χ0) is 18.9. The standard InChI is InChI=1S/C18H20F3N3O2/c1-12(25)11-23-7-9-24(10-8-23)14-4-5-15(26-2)17-13(14)3-6-16(22-17)18(19,20)21/h3-6H,7-11H2,1-2H3. The second-order valence-electron chi connectivity index (χ2n) is 6.34. The smallest absolute Gasteiger partial charge is 0.433 e. The van der Waals surface area contributed by atoms with Gasteiger partial charge < -0.3 is 9.64 Å². The molecule has 0 radical (unpaired) electrons. The molecule has 1 fully saturated rings. The third kappa shape index (κ3) is 3.75. The monoisotopic (exact) mass is 367 g/mol. The summed E-state index contributed by atoms with van der Waals surface area (Å²) < 4.78 is 44.2. The van der Waals surface area contributed by atoms with Gasteiger partial charge in [0.15, 0.2) is 0 Å². The Morgan fingerprint density at radius 3 is 2.42 bits per heavy atom. The lowest BCUT2D eigenvalue weighted by Crippen LogP contribution is -2.47. The number of carbonyl (C=O) groups excluding carboxylic acids is 1. The van der Waals surface area contributed by atoms with Crippen molar-refractivity contribution in [2.45, 2.75) is 13.1 Å². The number of piperazine rings is 1. The molecule has 26 heavy (non-hydrogen) atoms. The van der Waals surface area contributed by atoms with Crippen LogP contribution >= 0.6 is 0 Å². The number of Topliss-reactive ketones (excluding diaryl/α,β-unsaturated/α-hetero) is 1. The first-order valence-electron chi connectivity index (χ1n) is 8.31. The van der Waals surface area contributed by atoms with Crippen LogP contribution in [0.4, 0.5) is 18.9 Å². The number of methoxy groups -OCH3 is 1. The zero-order valence-electron chi connectivity index (χ0n) is 14.6. The van der Waals surface area contributed by atoms with E-state index >= 15 is 0 Å². The maximum atomic E-state index is 13.0. The first-order chi connectivity index (χ1) is 12.3. The van der Waals surface area contributed by atoms with Gasteiger partial charge in [0.05, 0.1) is 13.7 Å². The normalized spacial score (nSPS) is 16.1. The van der Waals surface area contributed by atoms with Gasteiger partial charge in [0.1, 0.15) is 22.7 Å². The largest absolute Gasteiger partial charge is 0.494 e. The van der Waals surface area contributed by atoms with E-state index in [4.69, 9.17) is 4.74 Å². The molecular formula is C18H20F3N3O2. The van der Waals surface area contributed by atoms with Crippen LogP contribution in [0.25, 0.3) is 10.9 Å². The Morgan fingerprint density at radius 1 is 1.15 bits per heavy atom. The van der Waals surface area contributed by atoms with E-state index in [1.54, 1.807) is 13.0 Å². The second-order valence-corrected chi connectivity index (χ2v) is 6.34. The predicted molar refractivity (Wildman–Crippen MR) is 92.6 cm³/mol. The molecule has 0 bridgehead atoms. The summed E-state index contributed by atoms with van der Waals surface area (Å²) >= 11 is 0. The van der Waals surface area contributed by atoms with Crippen LogP contribution in [0.1, 0.15) is 12.6 Å². The van der Waals surface area contributed by atoms with Crippen molar-refractivity contribution < 1.29 is 22.7 Å². The van der Waals surface area contributed by atoms with Crippen molar-refractivity contribution in [1.82, 2.24) is 9.88 Å². The minimum atomic E-state index is -4.51. The van der Waals surface area contributed by atoms with E-state index in [9.17, 15) is 18.0 Å². The maximum absolute atomic E-state index is 13.0. The number of nitrogens with zero attached hydrogens (tertiary/aromatic N) is 3. The fourth-order valence-electron chi connectivity index (χ4n) is 3.24. The van der Waals surface area contributed by atoms with E-state index in [2.05, 4.69) is 14.8 Å². The molecule has 0 aliphatic carbocycles. The summed E-state index contributed by atoms with van der Waals surface area (Å²) in [6.45, 7) is 4.81. The molecule has 0 N–H and O–H groups in total. The van der Waals surface area contributed by atoms with Crippen LogP contribution in [-0.4, -0.2) is 55.5 Å². The zero-order valence-corrected chi connectivity index (χ0v) is 14.6. The lowest BCUT2D eigenvalue weighted by atomic mass is 10.1. The van der Waals surface area contributed by atoms with Crippen molar-refractivity contribution in [2.75, 3.05) is 44.7 Å². The summed E-state index contributed by atoms with van der Waals surface area (Å²) in [5.41, 5.74) is 0.0854. The number of hydrogen-bond donors (Lipinski definition) is 0. The van der Waals surface area contributed by atoms with Crippen LogP contribution < -0.4 is 9.64 Å². The first-order valence-corrected chi connectivity index (χ1v) is 8.31. The van der Waals surface area contributed by atoms with Gasteiger partial charge in [-0.1, -0.05) is 0 Å². The molecule has 1 aromatic heterocycles. The average Bonchev–Trinajstić information content (AvgIpc) is 2.60. The lowest BCUT2D eigenvalue weighted by Gasteiger charge is -2.36. The van der Waals surface area contributed by atoms with E-state index in [1.807, 2.05) is 6.07 Å². The molecule has 8 heteroatoms. The number of hydrogen-bond acceptors (Lipinski definition) is 5. The van der Waals surface area contributed by atoms with Gasteiger partial charge in [-0.2, -0.15) is 13.2 Å². The van der Waals surface area contributed by atoms with Gasteiger partial charge in [-0.15, -0.1) is 0 Å². The van der Waals surface area contributed by atoms with E-state index < -0.39 is 11.9 Å². The van der Waals surface area contributed by atoms with Gasteiger partial charge in [-0.05, 0) is 31.2 Å². The number of pyridine rings is 1. The number of ether oxygens (including phenoxy) is 1. The highest BCUT2D eigenvalue weighted by Gasteiger charge is 2.33. The molecule has 1 aromatic carbocycles. The molecule has 0 atom stereocenters. The van der Waals surface area contributed by atoms with Crippen molar-refractivity contribution in [3.8, 4) is 5.75 Å². The molecule has 2 aromatic rings. The number of alkyl halides is 3. The van der Waals surface area contributed by atoms with Gasteiger partial charge in [-0.25, -0.2) is 4.98 Å². The number of carbonyl (C=O) groups is 1. The quantitative estimate of drug-likeness (QED) is 0.831. The second kappa shape index (κ2) is 7.11. The minimum Gasteiger partial charge on any atom is -0.494 e. The Morgan fingerprint density at radius 2 is 1.85 bits per heavy atom. The molecule has 1 aliphatic heterocycles. The number of ketones is 1. The summed E-state index contributed by atoms with van der Waals surface area (Å²) in [4.78, 5) is 19.2. The molecule has 0 amide bonds. The number of benzene rings is 1. The Labute approximate surface area is 149 Å². The van der Waals surface area contributed by atoms with Gasteiger partial charge in [0.2, 0.25) is 0 Å². The van der Waals surface area contributed by atoms with Crippen molar-refractivity contribution in [3.05, 3.63) is 30.0 Å². The first kappa shape index (κ1) is 18.4. The fourth-order valence-corrected chi connectivity index (χ4v) is 3.24. The number of aromatic nitrogens is 1. The maximum Gasteiger partial charge on any atom is 0.433 e. The van der Waals surface area contributed by atoms with E-state index in [-0.39, 0.29) is 11.3 Å². The summed E-state index contributed by atoms with van der Waals surface area (Å²) in [7, 11) is 1.41. The molecular weight excluding hydrogens is 347 g/mol. The van der Waals surface area contributed by atoms with Crippen LogP contribution in [0.5, 0.6) is 5.75 Å². The van der Waals surface area contributed by atoms with Crippen molar-refractivity contribution in [1.29, 1.82) is 0 Å². The number of halogens is 3. The Balaban J connectivity index is 1.94. The highest BCUT2D eigenvalue weighted by atomic mass is 19.4. The van der Waals surface area contributed by atoms with E-state index in [1.165, 1.54) is 13.2 Å². The number of fused-ring (bicyclic) bond motifs is 1. The molecule has 5 nitrogen and oxygen atoms in total. The topological polar surface area (TPSA) is 45.7 Å². The van der Waals surface area contributed by atoms with Crippen molar-refractivity contribution >= 4 is 22.4 Å². The average molecular weight is 367 g/mol. The Bertz CT molecular complexity index is 815. The molecule has 0 spiro atoms. The van der Waals surface area contributed by atoms with Crippen LogP contribution in [0.3, 0.4) is 0 Å². The lowest BCUT2D eigenvalue weighted by molar-refractivity contribution is -0.141. The summed E-state index contributed by atoms with van der Waals surface area (Å²) in [5, 5.41) is 0.623. The summed E-state index contributed by atoms with van der Waals surface area (Å²) in [6.07, 6.45) is -4.51. The van der Waals surface area contributed by atoms with E-state index in [0.29, 0.717) is 30.8 Å². The molecule has 3 rings (SSSR count). The molecule has 140 valence electrons. The molecule has 1 saturated heterocycles.